The fourth-order valence-corrected chi connectivity index (χ4v) is 3.36. The summed E-state index contributed by atoms with van der Waals surface area (Å²) in [6.07, 6.45) is 0.395. The van der Waals surface area contributed by atoms with Crippen molar-refractivity contribution >= 4 is 39.4 Å². The Hall–Kier alpha value is -0.810. The molecule has 0 N–H and O–H groups in total. The number of rotatable bonds is 1. The molecule has 0 aliphatic carbocycles. The van der Waals surface area contributed by atoms with Gasteiger partial charge in [0.1, 0.15) is 5.78 Å². The van der Waals surface area contributed by atoms with Crippen LogP contribution >= 0.6 is 27.7 Å². The third-order valence-electron chi connectivity index (χ3n) is 2.31. The third kappa shape index (κ3) is 2.15. The molecule has 5 heteroatoms. The Morgan fingerprint density at radius 3 is 2.94 bits per heavy atom. The molecule has 0 radical (unpaired) electrons. The molecule has 16 heavy (non-hydrogen) atoms. The number of hydrogen-bond donors (Lipinski definition) is 0. The first-order valence-corrected chi connectivity index (χ1v) is 6.45. The first kappa shape index (κ1) is 11.7. The molecule has 1 aromatic carbocycles. The van der Waals surface area contributed by atoms with Crippen molar-refractivity contribution in [3.8, 4) is 0 Å². The molecule has 0 bridgehead atoms. The molecule has 0 amide bonds. The molecular weight excluding hydrogens is 292 g/mol. The van der Waals surface area contributed by atoms with E-state index in [4.69, 9.17) is 0 Å². The van der Waals surface area contributed by atoms with Gasteiger partial charge in [0, 0.05) is 15.8 Å². The summed E-state index contributed by atoms with van der Waals surface area (Å²) >= 11 is 4.91. The van der Waals surface area contributed by atoms with Gasteiger partial charge in [-0.2, -0.15) is 0 Å². The van der Waals surface area contributed by atoms with Gasteiger partial charge >= 0.3 is 5.97 Å². The topological polar surface area (TPSA) is 43.4 Å². The van der Waals surface area contributed by atoms with E-state index in [9.17, 15) is 9.59 Å². The van der Waals surface area contributed by atoms with Crippen molar-refractivity contribution in [1.29, 1.82) is 0 Å². The standard InChI is InChI=1S/C11H9BrO3S/c1-15-11(14)7-2-6-3-8(13)5-16-10(6)9(12)4-7/h2,4H,3,5H2,1H3. The van der Waals surface area contributed by atoms with E-state index in [1.165, 1.54) is 18.9 Å². The van der Waals surface area contributed by atoms with Gasteiger partial charge in [-0.1, -0.05) is 0 Å². The van der Waals surface area contributed by atoms with Crippen LogP contribution in [-0.4, -0.2) is 24.6 Å². The van der Waals surface area contributed by atoms with E-state index in [1.54, 1.807) is 12.1 Å². The molecule has 0 saturated heterocycles. The zero-order chi connectivity index (χ0) is 11.7. The highest BCUT2D eigenvalue weighted by Crippen LogP contribution is 2.36. The molecule has 3 nitrogen and oxygen atoms in total. The second kappa shape index (κ2) is 4.59. The Bertz CT molecular complexity index is 471. The molecule has 0 aromatic heterocycles. The lowest BCUT2D eigenvalue weighted by molar-refractivity contribution is -0.116. The fraction of sp³-hybridized carbons (Fsp3) is 0.273. The lowest BCUT2D eigenvalue weighted by Crippen LogP contribution is -2.13. The van der Waals surface area contributed by atoms with Crippen LogP contribution in [0.4, 0.5) is 0 Å². The van der Waals surface area contributed by atoms with Crippen LogP contribution in [-0.2, 0) is 16.0 Å². The first-order chi connectivity index (χ1) is 7.61. The maximum Gasteiger partial charge on any atom is 0.337 e. The highest BCUT2D eigenvalue weighted by molar-refractivity contribution is 9.10. The summed E-state index contributed by atoms with van der Waals surface area (Å²) in [6.45, 7) is 0. The average molecular weight is 301 g/mol. The van der Waals surface area contributed by atoms with Crippen molar-refractivity contribution in [2.75, 3.05) is 12.9 Å². The van der Waals surface area contributed by atoms with Crippen molar-refractivity contribution < 1.29 is 14.3 Å². The number of halogens is 1. The maximum absolute atomic E-state index is 11.4. The zero-order valence-electron chi connectivity index (χ0n) is 8.58. The van der Waals surface area contributed by atoms with Gasteiger partial charge in [0.2, 0.25) is 0 Å². The molecule has 1 aromatic rings. The van der Waals surface area contributed by atoms with E-state index in [2.05, 4.69) is 20.7 Å². The Morgan fingerprint density at radius 2 is 2.25 bits per heavy atom. The number of esters is 1. The number of ketones is 1. The van der Waals surface area contributed by atoms with Gasteiger partial charge in [-0.3, -0.25) is 4.79 Å². The lowest BCUT2D eigenvalue weighted by atomic mass is 10.1. The highest BCUT2D eigenvalue weighted by atomic mass is 79.9. The normalized spacial score (nSPS) is 14.5. The van der Waals surface area contributed by atoms with Gasteiger partial charge in [-0.05, 0) is 33.6 Å². The molecule has 84 valence electrons. The van der Waals surface area contributed by atoms with E-state index < -0.39 is 0 Å². The summed E-state index contributed by atoms with van der Waals surface area (Å²) in [5, 5.41) is 0. The number of carbonyl (C=O) groups is 2. The lowest BCUT2D eigenvalue weighted by Gasteiger charge is -2.16. The summed E-state index contributed by atoms with van der Waals surface area (Å²) in [5.74, 6) is 0.307. The van der Waals surface area contributed by atoms with Crippen LogP contribution in [0.1, 0.15) is 15.9 Å². The minimum atomic E-state index is -0.383. The van der Waals surface area contributed by atoms with Gasteiger partial charge in [0.25, 0.3) is 0 Å². The maximum atomic E-state index is 11.4. The molecule has 0 spiro atoms. The number of thioether (sulfide) groups is 1. The molecule has 0 unspecified atom stereocenters. The van der Waals surface area contributed by atoms with Gasteiger partial charge < -0.3 is 4.74 Å². The van der Waals surface area contributed by atoms with Gasteiger partial charge in [-0.25, -0.2) is 4.79 Å². The third-order valence-corrected chi connectivity index (χ3v) is 4.43. The first-order valence-electron chi connectivity index (χ1n) is 4.67. The number of ether oxygens (including phenoxy) is 1. The molecular formula is C11H9BrO3S. The predicted molar refractivity (Wildman–Crippen MR) is 64.9 cm³/mol. The second-order valence-electron chi connectivity index (χ2n) is 3.44. The largest absolute Gasteiger partial charge is 0.465 e. The van der Waals surface area contributed by atoms with Crippen LogP contribution in [0.5, 0.6) is 0 Å². The van der Waals surface area contributed by atoms with Crippen LogP contribution in [0.15, 0.2) is 21.5 Å². The summed E-state index contributed by atoms with van der Waals surface area (Å²) in [5.41, 5.74) is 1.37. The Labute approximate surface area is 106 Å². The second-order valence-corrected chi connectivity index (χ2v) is 5.28. The molecule has 0 saturated carbocycles. The van der Waals surface area contributed by atoms with Crippen LogP contribution in [0.2, 0.25) is 0 Å². The molecule has 1 heterocycles. The number of fused-ring (bicyclic) bond motifs is 1. The van der Waals surface area contributed by atoms with Crippen LogP contribution in [0, 0.1) is 0 Å². The van der Waals surface area contributed by atoms with Crippen LogP contribution < -0.4 is 0 Å². The number of hydrogen-bond acceptors (Lipinski definition) is 4. The van der Waals surface area contributed by atoms with Crippen molar-refractivity contribution in [3.05, 3.63) is 27.7 Å². The van der Waals surface area contributed by atoms with Crippen LogP contribution in [0.3, 0.4) is 0 Å². The number of Topliss-reactive ketones (excluding diaryl/α,β-unsaturated/α-hetero) is 1. The Balaban J connectivity index is 2.47. The summed E-state index contributed by atoms with van der Waals surface area (Å²) in [4.78, 5) is 23.8. The molecule has 0 atom stereocenters. The fourth-order valence-electron chi connectivity index (χ4n) is 1.60. The molecule has 1 aliphatic heterocycles. The average Bonchev–Trinajstić information content (AvgIpc) is 2.27. The SMILES string of the molecule is COC(=O)c1cc(Br)c2c(c1)CC(=O)CS2. The molecule has 2 rings (SSSR count). The number of benzene rings is 1. The quantitative estimate of drug-likeness (QED) is 0.747. The number of methoxy groups -OCH3 is 1. The van der Waals surface area contributed by atoms with Crippen molar-refractivity contribution in [1.82, 2.24) is 0 Å². The number of carbonyl (C=O) groups excluding carboxylic acids is 2. The van der Waals surface area contributed by atoms with Crippen molar-refractivity contribution in [2.24, 2.45) is 0 Å². The van der Waals surface area contributed by atoms with Gasteiger partial charge in [0.05, 0.1) is 18.4 Å². The predicted octanol–water partition coefficient (Wildman–Crippen LogP) is 2.45. The van der Waals surface area contributed by atoms with E-state index in [-0.39, 0.29) is 11.8 Å². The van der Waals surface area contributed by atoms with E-state index in [0.717, 1.165) is 14.9 Å². The summed E-state index contributed by atoms with van der Waals surface area (Å²) in [6, 6.07) is 3.46. The van der Waals surface area contributed by atoms with Gasteiger partial charge in [0.15, 0.2) is 0 Å². The monoisotopic (exact) mass is 300 g/mol. The minimum absolute atomic E-state index is 0.186. The van der Waals surface area contributed by atoms with Gasteiger partial charge in [-0.15, -0.1) is 11.8 Å². The molecule has 0 fully saturated rings. The van der Waals surface area contributed by atoms with Crippen molar-refractivity contribution in [3.63, 3.8) is 0 Å². The highest BCUT2D eigenvalue weighted by Gasteiger charge is 2.21. The van der Waals surface area contributed by atoms with E-state index >= 15 is 0 Å². The van der Waals surface area contributed by atoms with E-state index in [0.29, 0.717) is 17.7 Å². The minimum Gasteiger partial charge on any atom is -0.465 e. The Kier molecular flexibility index (Phi) is 3.35. The summed E-state index contributed by atoms with van der Waals surface area (Å²) < 4.78 is 5.51. The van der Waals surface area contributed by atoms with E-state index in [1.807, 2.05) is 0 Å². The smallest absolute Gasteiger partial charge is 0.337 e. The van der Waals surface area contributed by atoms with Crippen molar-refractivity contribution in [2.45, 2.75) is 11.3 Å². The van der Waals surface area contributed by atoms with Crippen LogP contribution in [0.25, 0.3) is 0 Å². The molecule has 1 aliphatic rings. The summed E-state index contributed by atoms with van der Waals surface area (Å²) in [7, 11) is 1.34. The zero-order valence-corrected chi connectivity index (χ0v) is 11.0. The Morgan fingerprint density at radius 1 is 1.50 bits per heavy atom.